The van der Waals surface area contributed by atoms with Gasteiger partial charge in [-0.1, -0.05) is 61.1 Å². The summed E-state index contributed by atoms with van der Waals surface area (Å²) in [5.41, 5.74) is 0. The van der Waals surface area contributed by atoms with E-state index in [1.165, 1.54) is 43.0 Å². The smallest absolute Gasteiger partial charge is 0.221 e. The molecule has 0 heterocycles. The van der Waals surface area contributed by atoms with Gasteiger partial charge in [-0.15, -0.1) is 0 Å². The van der Waals surface area contributed by atoms with Crippen LogP contribution in [0.25, 0.3) is 0 Å². The first kappa shape index (κ1) is 14.7. The number of rotatable bonds is 10. The second-order valence-corrected chi connectivity index (χ2v) is 5.12. The number of unbranched alkanes of at least 4 members (excludes halogenated alkanes) is 7. The maximum absolute atomic E-state index is 10.4. The van der Waals surface area contributed by atoms with Crippen molar-refractivity contribution in [2.45, 2.75) is 57.8 Å². The van der Waals surface area contributed by atoms with Crippen LogP contribution in [0.4, 0.5) is 0 Å². The number of alkyl halides is 1. The lowest BCUT2D eigenvalue weighted by atomic mass is 10.1. The van der Waals surface area contributed by atoms with Crippen LogP contribution in [0, 0.1) is 0 Å². The van der Waals surface area contributed by atoms with Crippen molar-refractivity contribution in [2.75, 3.05) is 4.43 Å². The Morgan fingerprint density at radius 1 is 0.857 bits per heavy atom. The largest absolute Gasteiger partial charge is 0.281 e. The lowest BCUT2D eigenvalue weighted by Crippen LogP contribution is -1.86. The van der Waals surface area contributed by atoms with Crippen molar-refractivity contribution < 1.29 is 4.79 Å². The fraction of sp³-hybridized carbons (Fsp3) is 0.909. The van der Waals surface area contributed by atoms with Gasteiger partial charge in [0.25, 0.3) is 0 Å². The molecule has 0 radical (unpaired) electrons. The monoisotopic (exact) mass is 330 g/mol. The van der Waals surface area contributed by atoms with Crippen molar-refractivity contribution in [3.8, 4) is 0 Å². The van der Waals surface area contributed by atoms with E-state index in [1.54, 1.807) is 0 Å². The SMILES string of the molecule is O=C(Cl)CCCCCCCCCCI. The molecule has 0 saturated heterocycles. The van der Waals surface area contributed by atoms with Gasteiger partial charge in [0.05, 0.1) is 0 Å². The summed E-state index contributed by atoms with van der Waals surface area (Å²) in [6, 6.07) is 0. The van der Waals surface area contributed by atoms with Gasteiger partial charge in [0.2, 0.25) is 5.24 Å². The molecule has 0 aliphatic rings. The van der Waals surface area contributed by atoms with E-state index in [-0.39, 0.29) is 5.24 Å². The molecule has 0 fully saturated rings. The lowest BCUT2D eigenvalue weighted by Gasteiger charge is -2.00. The molecule has 0 atom stereocenters. The summed E-state index contributed by atoms with van der Waals surface area (Å²) in [5, 5.41) is -0.188. The molecule has 0 aliphatic carbocycles. The first-order valence-electron chi connectivity index (χ1n) is 5.51. The average Bonchev–Trinajstić information content (AvgIpc) is 2.15. The average molecular weight is 331 g/mol. The van der Waals surface area contributed by atoms with Gasteiger partial charge in [-0.25, -0.2) is 0 Å². The molecule has 0 spiro atoms. The summed E-state index contributed by atoms with van der Waals surface area (Å²) >= 11 is 7.66. The Balaban J connectivity index is 2.88. The fourth-order valence-electron chi connectivity index (χ4n) is 1.42. The second-order valence-electron chi connectivity index (χ2n) is 3.62. The van der Waals surface area contributed by atoms with Crippen LogP contribution in [0.3, 0.4) is 0 Å². The minimum atomic E-state index is -0.188. The Hall–Kier alpha value is 0.690. The minimum absolute atomic E-state index is 0.188. The summed E-state index contributed by atoms with van der Waals surface area (Å²) in [7, 11) is 0. The molecule has 0 saturated carbocycles. The predicted octanol–water partition coefficient (Wildman–Crippen LogP) is 4.70. The van der Waals surface area contributed by atoms with Gasteiger partial charge in [-0.05, 0) is 28.9 Å². The van der Waals surface area contributed by atoms with Crippen molar-refractivity contribution in [3.05, 3.63) is 0 Å². The Bertz CT molecular complexity index is 139. The number of carbonyl (C=O) groups is 1. The van der Waals surface area contributed by atoms with Crippen molar-refractivity contribution in [2.24, 2.45) is 0 Å². The molecule has 0 aromatic carbocycles. The van der Waals surface area contributed by atoms with E-state index in [0.29, 0.717) is 6.42 Å². The van der Waals surface area contributed by atoms with Crippen molar-refractivity contribution in [1.82, 2.24) is 0 Å². The van der Waals surface area contributed by atoms with Gasteiger partial charge >= 0.3 is 0 Å². The van der Waals surface area contributed by atoms with Crippen LogP contribution in [0.2, 0.25) is 0 Å². The standard InChI is InChI=1S/C11H20ClIO/c12-11(14)9-7-5-3-1-2-4-6-8-10-13/h1-10H2. The molecule has 0 N–H and O–H groups in total. The zero-order valence-corrected chi connectivity index (χ0v) is 11.6. The molecule has 0 rings (SSSR count). The zero-order valence-electron chi connectivity index (χ0n) is 8.74. The Morgan fingerprint density at radius 2 is 1.29 bits per heavy atom. The molecule has 84 valence electrons. The molecule has 0 amide bonds. The lowest BCUT2D eigenvalue weighted by molar-refractivity contribution is -0.111. The van der Waals surface area contributed by atoms with E-state index in [9.17, 15) is 4.79 Å². The molecule has 0 unspecified atom stereocenters. The molecule has 0 aromatic heterocycles. The van der Waals surface area contributed by atoms with Crippen LogP contribution >= 0.6 is 34.2 Å². The van der Waals surface area contributed by atoms with E-state index >= 15 is 0 Å². The topological polar surface area (TPSA) is 17.1 Å². The fourth-order valence-corrected chi connectivity index (χ4v) is 2.09. The maximum Gasteiger partial charge on any atom is 0.221 e. The summed E-state index contributed by atoms with van der Waals surface area (Å²) in [6.07, 6.45) is 10.7. The van der Waals surface area contributed by atoms with Crippen molar-refractivity contribution >= 4 is 39.4 Å². The summed E-state index contributed by atoms with van der Waals surface area (Å²) in [4.78, 5) is 10.4. The van der Waals surface area contributed by atoms with E-state index in [4.69, 9.17) is 11.6 Å². The molecule has 14 heavy (non-hydrogen) atoms. The van der Waals surface area contributed by atoms with E-state index in [0.717, 1.165) is 12.8 Å². The van der Waals surface area contributed by atoms with E-state index < -0.39 is 0 Å². The third-order valence-corrected chi connectivity index (χ3v) is 3.21. The Morgan fingerprint density at radius 3 is 1.71 bits per heavy atom. The van der Waals surface area contributed by atoms with Crippen LogP contribution < -0.4 is 0 Å². The van der Waals surface area contributed by atoms with E-state index in [2.05, 4.69) is 22.6 Å². The predicted molar refractivity (Wildman–Crippen MR) is 71.3 cm³/mol. The molecule has 3 heteroatoms. The molecule has 1 nitrogen and oxygen atoms in total. The summed E-state index contributed by atoms with van der Waals surface area (Å²) in [6.45, 7) is 0. The van der Waals surface area contributed by atoms with Crippen LogP contribution in [0.15, 0.2) is 0 Å². The van der Waals surface area contributed by atoms with Crippen LogP contribution in [-0.2, 0) is 4.79 Å². The van der Waals surface area contributed by atoms with Gasteiger partial charge in [0.15, 0.2) is 0 Å². The van der Waals surface area contributed by atoms with Crippen LogP contribution in [0.5, 0.6) is 0 Å². The molecule has 0 aromatic rings. The second kappa shape index (κ2) is 11.8. The van der Waals surface area contributed by atoms with Gasteiger partial charge < -0.3 is 0 Å². The molecule has 0 bridgehead atoms. The zero-order chi connectivity index (χ0) is 10.6. The molecular weight excluding hydrogens is 310 g/mol. The highest BCUT2D eigenvalue weighted by atomic mass is 127. The van der Waals surface area contributed by atoms with Crippen molar-refractivity contribution in [1.29, 1.82) is 0 Å². The number of hydrogen-bond donors (Lipinski definition) is 0. The number of halogens is 2. The van der Waals surface area contributed by atoms with Gasteiger partial charge in [0.1, 0.15) is 0 Å². The van der Waals surface area contributed by atoms with Gasteiger partial charge in [-0.3, -0.25) is 4.79 Å². The van der Waals surface area contributed by atoms with Gasteiger partial charge in [-0.2, -0.15) is 0 Å². The third-order valence-electron chi connectivity index (χ3n) is 2.26. The number of carbonyl (C=O) groups excluding carboxylic acids is 1. The first-order valence-corrected chi connectivity index (χ1v) is 7.42. The van der Waals surface area contributed by atoms with Crippen LogP contribution in [0.1, 0.15) is 57.8 Å². The Labute approximate surface area is 106 Å². The maximum atomic E-state index is 10.4. The number of hydrogen-bond acceptors (Lipinski definition) is 1. The first-order chi connectivity index (χ1) is 6.77. The summed E-state index contributed by atoms with van der Waals surface area (Å²) in [5.74, 6) is 0. The minimum Gasteiger partial charge on any atom is -0.281 e. The van der Waals surface area contributed by atoms with Crippen molar-refractivity contribution in [3.63, 3.8) is 0 Å². The van der Waals surface area contributed by atoms with Gasteiger partial charge in [0, 0.05) is 6.42 Å². The highest BCUT2D eigenvalue weighted by molar-refractivity contribution is 14.1. The molecule has 0 aliphatic heterocycles. The van der Waals surface area contributed by atoms with Crippen LogP contribution in [-0.4, -0.2) is 9.67 Å². The Kier molecular flexibility index (Phi) is 12.3. The summed E-state index contributed by atoms with van der Waals surface area (Å²) < 4.78 is 1.29. The molecular formula is C11H20ClIO. The quantitative estimate of drug-likeness (QED) is 0.246. The highest BCUT2D eigenvalue weighted by Crippen LogP contribution is 2.10. The normalized spacial score (nSPS) is 10.4. The third kappa shape index (κ3) is 12.7. The highest BCUT2D eigenvalue weighted by Gasteiger charge is 1.95. The van der Waals surface area contributed by atoms with E-state index in [1.807, 2.05) is 0 Å².